The van der Waals surface area contributed by atoms with Crippen molar-refractivity contribution in [3.63, 3.8) is 0 Å². The molecule has 1 N–H and O–H groups in total. The van der Waals surface area contributed by atoms with Crippen molar-refractivity contribution in [3.8, 4) is 5.69 Å². The van der Waals surface area contributed by atoms with Crippen LogP contribution in [-0.2, 0) is 0 Å². The molecular weight excluding hydrogens is 327 g/mol. The van der Waals surface area contributed by atoms with Gasteiger partial charge >= 0.3 is 0 Å². The van der Waals surface area contributed by atoms with Gasteiger partial charge < -0.3 is 4.98 Å². The Morgan fingerprint density at radius 1 is 1.21 bits per heavy atom. The maximum absolute atomic E-state index is 14.1. The van der Waals surface area contributed by atoms with E-state index in [4.69, 9.17) is 12.2 Å². The fourth-order valence-electron chi connectivity index (χ4n) is 2.13. The second kappa shape index (κ2) is 4.58. The van der Waals surface area contributed by atoms with Crippen LogP contribution in [0.25, 0.3) is 16.7 Å². The van der Waals surface area contributed by atoms with Crippen LogP contribution in [-0.4, -0.2) is 9.55 Å². The van der Waals surface area contributed by atoms with E-state index in [0.717, 1.165) is 16.6 Å². The van der Waals surface area contributed by atoms with Crippen molar-refractivity contribution in [1.29, 1.82) is 0 Å². The minimum atomic E-state index is -0.313. The predicted octanol–water partition coefficient (Wildman–Crippen LogP) is 4.90. The normalized spacial score (nSPS) is 11.1. The first-order valence-corrected chi connectivity index (χ1v) is 6.93. The zero-order valence-electron chi connectivity index (χ0n) is 10.1. The lowest BCUT2D eigenvalue weighted by Gasteiger charge is -2.06. The molecule has 96 valence electrons. The van der Waals surface area contributed by atoms with Crippen LogP contribution in [0, 0.1) is 17.5 Å². The molecule has 5 heteroatoms. The van der Waals surface area contributed by atoms with E-state index in [9.17, 15) is 4.39 Å². The summed E-state index contributed by atoms with van der Waals surface area (Å²) in [6.07, 6.45) is 0. The summed E-state index contributed by atoms with van der Waals surface area (Å²) in [4.78, 5) is 3.11. The molecule has 19 heavy (non-hydrogen) atoms. The van der Waals surface area contributed by atoms with Crippen molar-refractivity contribution in [2.24, 2.45) is 0 Å². The first-order chi connectivity index (χ1) is 9.06. The van der Waals surface area contributed by atoms with Gasteiger partial charge in [0.2, 0.25) is 0 Å². The quantitative estimate of drug-likeness (QED) is 0.627. The van der Waals surface area contributed by atoms with E-state index in [0.29, 0.717) is 14.9 Å². The average molecular weight is 337 g/mol. The number of aromatic nitrogens is 2. The highest BCUT2D eigenvalue weighted by Crippen LogP contribution is 2.24. The van der Waals surface area contributed by atoms with E-state index in [1.807, 2.05) is 25.1 Å². The van der Waals surface area contributed by atoms with Gasteiger partial charge in [-0.15, -0.1) is 0 Å². The first kappa shape index (κ1) is 12.6. The standard InChI is InChI=1S/C14H10BrFN2S/c1-8-2-4-13-11(6-8)17-14(19)18(13)12-5-3-9(15)7-10(12)16/h2-7H,1H3,(H,17,19). The molecule has 0 aliphatic heterocycles. The Labute approximate surface area is 123 Å². The molecule has 0 spiro atoms. The third kappa shape index (κ3) is 2.13. The van der Waals surface area contributed by atoms with Crippen LogP contribution in [0.5, 0.6) is 0 Å². The zero-order valence-corrected chi connectivity index (χ0v) is 12.5. The molecule has 1 heterocycles. The van der Waals surface area contributed by atoms with Crippen molar-refractivity contribution in [1.82, 2.24) is 9.55 Å². The lowest BCUT2D eigenvalue weighted by molar-refractivity contribution is 0.618. The molecular formula is C14H10BrFN2S. The summed E-state index contributed by atoms with van der Waals surface area (Å²) >= 11 is 8.55. The van der Waals surface area contributed by atoms with Crippen LogP contribution < -0.4 is 0 Å². The first-order valence-electron chi connectivity index (χ1n) is 5.73. The average Bonchev–Trinajstić information content (AvgIpc) is 2.65. The van der Waals surface area contributed by atoms with Gasteiger partial charge in [0.05, 0.1) is 16.7 Å². The van der Waals surface area contributed by atoms with E-state index in [1.54, 1.807) is 16.7 Å². The molecule has 2 nitrogen and oxygen atoms in total. The topological polar surface area (TPSA) is 20.7 Å². The van der Waals surface area contributed by atoms with E-state index >= 15 is 0 Å². The van der Waals surface area contributed by atoms with Gasteiger partial charge in [0.25, 0.3) is 0 Å². The van der Waals surface area contributed by atoms with Crippen LogP contribution >= 0.6 is 28.1 Å². The lowest BCUT2D eigenvalue weighted by Crippen LogP contribution is -1.97. The molecule has 0 aliphatic rings. The number of nitrogens with zero attached hydrogens (tertiary/aromatic N) is 1. The predicted molar refractivity (Wildman–Crippen MR) is 80.9 cm³/mol. The van der Waals surface area contributed by atoms with Gasteiger partial charge in [-0.05, 0) is 55.0 Å². The summed E-state index contributed by atoms with van der Waals surface area (Å²) in [5.74, 6) is -0.313. The summed E-state index contributed by atoms with van der Waals surface area (Å²) in [6, 6.07) is 10.9. The molecule has 0 aliphatic carbocycles. The Morgan fingerprint density at radius 3 is 2.74 bits per heavy atom. The number of benzene rings is 2. The fraction of sp³-hybridized carbons (Fsp3) is 0.0714. The Hall–Kier alpha value is -1.46. The van der Waals surface area contributed by atoms with E-state index in [-0.39, 0.29) is 5.82 Å². The summed E-state index contributed by atoms with van der Waals surface area (Å²) in [5.41, 5.74) is 3.36. The summed E-state index contributed by atoms with van der Waals surface area (Å²) < 4.78 is 17.0. The van der Waals surface area contributed by atoms with Crippen molar-refractivity contribution >= 4 is 39.2 Å². The Kier molecular flexibility index (Phi) is 3.03. The summed E-state index contributed by atoms with van der Waals surface area (Å²) in [5, 5.41) is 0. The van der Waals surface area contributed by atoms with Crippen LogP contribution in [0.3, 0.4) is 0 Å². The molecule has 2 aromatic carbocycles. The molecule has 1 aromatic heterocycles. The highest BCUT2D eigenvalue weighted by molar-refractivity contribution is 9.10. The van der Waals surface area contributed by atoms with Crippen molar-refractivity contribution in [2.75, 3.05) is 0 Å². The molecule has 0 saturated heterocycles. The number of hydrogen-bond donors (Lipinski definition) is 1. The number of fused-ring (bicyclic) bond motifs is 1. The van der Waals surface area contributed by atoms with Gasteiger partial charge in [-0.25, -0.2) is 4.39 Å². The summed E-state index contributed by atoms with van der Waals surface area (Å²) in [6.45, 7) is 2.01. The van der Waals surface area contributed by atoms with E-state index in [2.05, 4.69) is 20.9 Å². The molecule has 0 unspecified atom stereocenters. The number of hydrogen-bond acceptors (Lipinski definition) is 1. The van der Waals surface area contributed by atoms with Gasteiger partial charge in [0, 0.05) is 4.47 Å². The second-order valence-electron chi connectivity index (χ2n) is 4.38. The number of rotatable bonds is 1. The van der Waals surface area contributed by atoms with Crippen LogP contribution in [0.15, 0.2) is 40.9 Å². The fourth-order valence-corrected chi connectivity index (χ4v) is 2.77. The molecule has 3 aromatic rings. The monoisotopic (exact) mass is 336 g/mol. The van der Waals surface area contributed by atoms with Gasteiger partial charge in [0.1, 0.15) is 5.82 Å². The zero-order chi connectivity index (χ0) is 13.6. The largest absolute Gasteiger partial charge is 0.330 e. The third-order valence-electron chi connectivity index (χ3n) is 2.99. The van der Waals surface area contributed by atoms with Crippen molar-refractivity contribution < 1.29 is 4.39 Å². The molecule has 0 bridgehead atoms. The molecule has 0 saturated carbocycles. The molecule has 0 amide bonds. The van der Waals surface area contributed by atoms with E-state index < -0.39 is 0 Å². The minimum absolute atomic E-state index is 0.313. The van der Waals surface area contributed by atoms with Crippen LogP contribution in [0.2, 0.25) is 0 Å². The third-order valence-corrected chi connectivity index (χ3v) is 3.77. The maximum Gasteiger partial charge on any atom is 0.182 e. The van der Waals surface area contributed by atoms with Crippen molar-refractivity contribution in [3.05, 3.63) is 57.0 Å². The number of halogens is 2. The maximum atomic E-state index is 14.1. The van der Waals surface area contributed by atoms with Crippen LogP contribution in [0.4, 0.5) is 4.39 Å². The molecule has 0 atom stereocenters. The number of nitrogens with one attached hydrogen (secondary N) is 1. The Bertz CT molecular complexity index is 835. The van der Waals surface area contributed by atoms with Gasteiger partial charge in [-0.2, -0.15) is 0 Å². The van der Waals surface area contributed by atoms with Crippen LogP contribution in [0.1, 0.15) is 5.56 Å². The number of aryl methyl sites for hydroxylation is 1. The highest BCUT2D eigenvalue weighted by Gasteiger charge is 2.10. The molecule has 0 fully saturated rings. The van der Waals surface area contributed by atoms with Gasteiger partial charge in [-0.3, -0.25) is 4.57 Å². The SMILES string of the molecule is Cc1ccc2c(c1)[nH]c(=S)n2-c1ccc(Br)cc1F. The van der Waals surface area contributed by atoms with Crippen molar-refractivity contribution in [2.45, 2.75) is 6.92 Å². The lowest BCUT2D eigenvalue weighted by atomic mass is 10.2. The van der Waals surface area contributed by atoms with E-state index in [1.165, 1.54) is 6.07 Å². The minimum Gasteiger partial charge on any atom is -0.330 e. The molecule has 3 rings (SSSR count). The number of aromatic amines is 1. The second-order valence-corrected chi connectivity index (χ2v) is 5.68. The Balaban J connectivity index is 2.36. The number of imidazole rings is 1. The number of H-pyrrole nitrogens is 1. The van der Waals surface area contributed by atoms with Gasteiger partial charge in [-0.1, -0.05) is 22.0 Å². The smallest absolute Gasteiger partial charge is 0.182 e. The Morgan fingerprint density at radius 2 is 2.00 bits per heavy atom. The molecule has 0 radical (unpaired) electrons. The summed E-state index contributed by atoms with van der Waals surface area (Å²) in [7, 11) is 0. The highest BCUT2D eigenvalue weighted by atomic mass is 79.9. The van der Waals surface area contributed by atoms with Gasteiger partial charge in [0.15, 0.2) is 4.77 Å².